The summed E-state index contributed by atoms with van der Waals surface area (Å²) in [6, 6.07) is 30.7. The molecule has 0 heterocycles. The van der Waals surface area contributed by atoms with Gasteiger partial charge in [0, 0.05) is 0 Å². The van der Waals surface area contributed by atoms with Crippen LogP contribution in [-0.4, -0.2) is 6.88 Å². The number of halogens is 2. The van der Waals surface area contributed by atoms with Crippen LogP contribution in [0.3, 0.4) is 0 Å². The summed E-state index contributed by atoms with van der Waals surface area (Å²) in [6.07, 6.45) is 0. The molecule has 5 aromatic carbocycles. The standard InChI is InChI=1S/C17H15.C13H15.2CH3.2ClH.Si.Zr/c1-12-10-16-13(2)8-9-15(17(16)11-12)14-6-4-3-5-7-14;1-9(2)12-7-11-6-4-5-10(3)13(11)8-12;;;;;;/h3-11H,1-2H3;4-9H,1-3H3;2*1H3;2*1H;;/q4*-1;;;;. The Morgan fingerprint density at radius 1 is 0.694 bits per heavy atom. The van der Waals surface area contributed by atoms with Gasteiger partial charge in [-0.1, -0.05) is 82.6 Å². The number of fused-ring (bicyclic) bond motifs is 2. The monoisotopic (exact) mass is 610 g/mol. The number of benzene rings is 3. The first-order valence-electron chi connectivity index (χ1n) is 11.1. The summed E-state index contributed by atoms with van der Waals surface area (Å²) in [7, 11) is 0. The molecular weight excluding hydrogens is 575 g/mol. The van der Waals surface area contributed by atoms with Gasteiger partial charge in [0.1, 0.15) is 0 Å². The molecule has 0 aromatic heterocycles. The van der Waals surface area contributed by atoms with E-state index < -0.39 is 0 Å². The topological polar surface area (TPSA) is 0 Å². The Kier molecular flexibility index (Phi) is 17.5. The second kappa shape index (κ2) is 17.1. The zero-order valence-corrected chi connectivity index (χ0v) is 27.6. The Balaban J connectivity index is 0. The molecule has 0 nitrogen and oxygen atoms in total. The first-order valence-corrected chi connectivity index (χ1v) is 15.3. The van der Waals surface area contributed by atoms with Crippen LogP contribution in [0.15, 0.2) is 84.9 Å². The van der Waals surface area contributed by atoms with Crippen molar-refractivity contribution in [3.05, 3.63) is 122 Å². The maximum absolute atomic E-state index is 3.06. The minimum atomic E-state index is 0. The molecule has 4 heteroatoms. The Hall–Kier alpha value is -1.44. The van der Waals surface area contributed by atoms with Crippen molar-refractivity contribution in [2.24, 2.45) is 0 Å². The second-order valence-corrected chi connectivity index (χ2v) is 8.68. The molecule has 2 radical (unpaired) electrons. The van der Waals surface area contributed by atoms with Gasteiger partial charge < -0.3 is 14.9 Å². The molecule has 0 aliphatic rings. The van der Waals surface area contributed by atoms with Gasteiger partial charge in [0.25, 0.3) is 0 Å². The molecule has 0 fully saturated rings. The van der Waals surface area contributed by atoms with Gasteiger partial charge in [-0.3, -0.25) is 0 Å². The van der Waals surface area contributed by atoms with Crippen LogP contribution in [0.2, 0.25) is 0 Å². The molecule has 5 rings (SSSR count). The van der Waals surface area contributed by atoms with E-state index in [2.05, 4.69) is 126 Å². The molecule has 0 amide bonds. The van der Waals surface area contributed by atoms with E-state index in [4.69, 9.17) is 0 Å². The van der Waals surface area contributed by atoms with Crippen LogP contribution in [0.5, 0.6) is 0 Å². The predicted octanol–water partition coefficient (Wildman–Crippen LogP) is 10.2. The van der Waals surface area contributed by atoms with Gasteiger partial charge >= 0.3 is 30.2 Å². The molecule has 0 spiro atoms. The van der Waals surface area contributed by atoms with Crippen molar-refractivity contribution in [1.29, 1.82) is 0 Å². The third-order valence-electron chi connectivity index (χ3n) is 5.99. The molecule has 0 unspecified atom stereocenters. The van der Waals surface area contributed by atoms with Gasteiger partial charge in [0.05, 0.1) is 0 Å². The van der Waals surface area contributed by atoms with Crippen molar-refractivity contribution in [2.45, 2.75) is 40.5 Å². The van der Waals surface area contributed by atoms with Crippen molar-refractivity contribution >= 4 is 53.2 Å². The number of hydrogen-bond donors (Lipinski definition) is 0. The van der Waals surface area contributed by atoms with E-state index in [0.717, 1.165) is 0 Å². The molecule has 5 aromatic rings. The van der Waals surface area contributed by atoms with Crippen molar-refractivity contribution in [3.8, 4) is 11.1 Å². The molecule has 0 aliphatic heterocycles. The molecule has 0 saturated heterocycles. The van der Waals surface area contributed by atoms with Gasteiger partial charge in [0.2, 0.25) is 0 Å². The quantitative estimate of drug-likeness (QED) is 0.137. The molecule has 0 N–H and O–H groups in total. The summed E-state index contributed by atoms with van der Waals surface area (Å²) in [5.41, 5.74) is 8.15. The van der Waals surface area contributed by atoms with Crippen molar-refractivity contribution in [1.82, 2.24) is 0 Å². The average Bonchev–Trinajstić information content (AvgIpc) is 3.42. The molecule has 0 aliphatic carbocycles. The van der Waals surface area contributed by atoms with E-state index in [1.807, 2.05) is 0 Å². The van der Waals surface area contributed by atoms with Crippen LogP contribution in [0.4, 0.5) is 0 Å². The summed E-state index contributed by atoms with van der Waals surface area (Å²) in [4.78, 5) is 0. The Bertz CT molecular complexity index is 1320. The zero-order chi connectivity index (χ0) is 23.3. The Labute approximate surface area is 248 Å². The van der Waals surface area contributed by atoms with E-state index in [1.54, 1.807) is 0 Å². The van der Waals surface area contributed by atoms with Crippen LogP contribution in [0, 0.1) is 35.6 Å². The first kappa shape index (κ1) is 36.7. The fraction of sp³-hybridized carbons (Fsp3) is 0.188. The summed E-state index contributed by atoms with van der Waals surface area (Å²) in [5.74, 6) is 0.631. The molecule has 0 bridgehead atoms. The zero-order valence-electron chi connectivity index (χ0n) is 22.5. The van der Waals surface area contributed by atoms with Gasteiger partial charge in [-0.2, -0.15) is 12.1 Å². The maximum atomic E-state index is 3.06. The first-order chi connectivity index (χ1) is 15.4. The van der Waals surface area contributed by atoms with Crippen molar-refractivity contribution < 1.29 is 23.3 Å². The summed E-state index contributed by atoms with van der Waals surface area (Å²) in [6.45, 7) is 14.1. The van der Waals surface area contributed by atoms with E-state index >= 15 is 0 Å². The summed E-state index contributed by atoms with van der Waals surface area (Å²) < 4.78 is 0. The SMILES string of the molecule is Cc1cc2c(-c3ccccc3)ccc(C)c2[cH-]1.Cc1cccc2cc(C(C)C)[cH-]c12.Cl.Cl.[CH3-].[CH3-].[Si]=[Zr]. The van der Waals surface area contributed by atoms with Crippen LogP contribution in [0.25, 0.3) is 32.7 Å². The fourth-order valence-electron chi connectivity index (χ4n) is 4.21. The third-order valence-corrected chi connectivity index (χ3v) is 5.99. The van der Waals surface area contributed by atoms with Crippen LogP contribution < -0.4 is 0 Å². The van der Waals surface area contributed by atoms with Gasteiger partial charge in [-0.05, 0) is 11.5 Å². The molecule has 0 atom stereocenters. The Morgan fingerprint density at radius 3 is 1.89 bits per heavy atom. The molecular formula is C32H38Cl2SiZr-4. The number of aryl methyl sites for hydroxylation is 3. The summed E-state index contributed by atoms with van der Waals surface area (Å²) >= 11 is 1.36. The van der Waals surface area contributed by atoms with Crippen molar-refractivity contribution in [3.63, 3.8) is 0 Å². The van der Waals surface area contributed by atoms with Crippen LogP contribution in [-0.2, 0) is 23.3 Å². The predicted molar refractivity (Wildman–Crippen MR) is 166 cm³/mol. The van der Waals surface area contributed by atoms with Gasteiger partial charge in [0.15, 0.2) is 0 Å². The van der Waals surface area contributed by atoms with E-state index in [9.17, 15) is 0 Å². The average molecular weight is 613 g/mol. The summed E-state index contributed by atoms with van der Waals surface area (Å²) in [5, 5.41) is 5.53. The molecule has 192 valence electrons. The second-order valence-electron chi connectivity index (χ2n) is 8.68. The van der Waals surface area contributed by atoms with Crippen molar-refractivity contribution in [2.75, 3.05) is 0 Å². The molecule has 0 saturated carbocycles. The third kappa shape index (κ3) is 8.56. The van der Waals surface area contributed by atoms with Crippen LogP contribution >= 0.6 is 24.8 Å². The van der Waals surface area contributed by atoms with E-state index in [-0.39, 0.29) is 39.7 Å². The molecule has 36 heavy (non-hydrogen) atoms. The Morgan fingerprint density at radius 2 is 1.31 bits per heavy atom. The number of hydrogen-bond acceptors (Lipinski definition) is 0. The van der Waals surface area contributed by atoms with Gasteiger partial charge in [-0.25, -0.2) is 0 Å². The minimum absolute atomic E-state index is 0. The van der Waals surface area contributed by atoms with E-state index in [1.165, 1.54) is 78.3 Å². The van der Waals surface area contributed by atoms with E-state index in [0.29, 0.717) is 5.92 Å². The van der Waals surface area contributed by atoms with Crippen LogP contribution in [0.1, 0.15) is 42.0 Å². The normalized spacial score (nSPS) is 9.36. The number of rotatable bonds is 2. The van der Waals surface area contributed by atoms with Gasteiger partial charge in [-0.15, -0.1) is 98.9 Å². The fourth-order valence-corrected chi connectivity index (χ4v) is 4.21.